The van der Waals surface area contributed by atoms with Gasteiger partial charge in [-0.15, -0.1) is 0 Å². The second-order valence-electron chi connectivity index (χ2n) is 12.7. The molecule has 0 amide bonds. The third-order valence-electron chi connectivity index (χ3n) is 8.97. The Balaban J connectivity index is 1.86. The third-order valence-corrected chi connectivity index (χ3v) is 8.97. The molecule has 4 rings (SSSR count). The van der Waals surface area contributed by atoms with Gasteiger partial charge in [0.05, 0.1) is 15.4 Å². The van der Waals surface area contributed by atoms with Crippen molar-refractivity contribution in [3.05, 3.63) is 145 Å². The Morgan fingerprint density at radius 3 is 2.12 bits per heavy atom. The third kappa shape index (κ3) is 7.00. The van der Waals surface area contributed by atoms with Crippen molar-refractivity contribution >= 4 is 34.6 Å². The van der Waals surface area contributed by atoms with Crippen molar-refractivity contribution in [1.29, 1.82) is 0 Å². The van der Waals surface area contributed by atoms with Gasteiger partial charge in [0.15, 0.2) is 0 Å². The van der Waals surface area contributed by atoms with Crippen molar-refractivity contribution in [1.82, 2.24) is 0 Å². The Labute approximate surface area is 278 Å². The molecule has 0 spiro atoms. The number of nitro benzene ring substituents is 2. The van der Waals surface area contributed by atoms with Gasteiger partial charge in [0.2, 0.25) is 0 Å². The molecular weight excluding hydrogens is 614 g/mol. The first-order valence-electron chi connectivity index (χ1n) is 15.2. The van der Waals surface area contributed by atoms with Crippen LogP contribution in [-0.2, 0) is 27.0 Å². The van der Waals surface area contributed by atoms with Gasteiger partial charge >= 0.3 is 5.97 Å². The summed E-state index contributed by atoms with van der Waals surface area (Å²) >= 11 is 0. The number of aryl methyl sites for hydroxylation is 1. The van der Waals surface area contributed by atoms with E-state index in [9.17, 15) is 39.7 Å². The lowest BCUT2D eigenvalue weighted by atomic mass is 9.71. The van der Waals surface area contributed by atoms with Crippen molar-refractivity contribution < 1.29 is 29.3 Å². The quantitative estimate of drug-likeness (QED) is 0.111. The van der Waals surface area contributed by atoms with Gasteiger partial charge in [-0.25, -0.2) is 4.79 Å². The molecular formula is C37H37N3O8. The highest BCUT2D eigenvalue weighted by Crippen LogP contribution is 2.52. The van der Waals surface area contributed by atoms with Gasteiger partial charge in [0, 0.05) is 65.9 Å². The second kappa shape index (κ2) is 13.6. The van der Waals surface area contributed by atoms with E-state index in [1.165, 1.54) is 50.2 Å². The Hall–Kier alpha value is -5.71. The van der Waals surface area contributed by atoms with Gasteiger partial charge in [-0.3, -0.25) is 29.8 Å². The van der Waals surface area contributed by atoms with E-state index in [0.29, 0.717) is 28.1 Å². The summed E-state index contributed by atoms with van der Waals surface area (Å²) in [5.74, 6) is -1.31. The minimum absolute atomic E-state index is 0.0460. The van der Waals surface area contributed by atoms with Crippen molar-refractivity contribution in [2.75, 3.05) is 4.90 Å². The number of carbonyl (C=O) groups excluding carboxylic acids is 2. The Morgan fingerprint density at radius 2 is 1.56 bits per heavy atom. The minimum Gasteiger partial charge on any atom is -0.478 e. The van der Waals surface area contributed by atoms with Crippen LogP contribution in [0.25, 0.3) is 0 Å². The molecule has 1 aliphatic heterocycles. The van der Waals surface area contributed by atoms with E-state index in [1.807, 2.05) is 25.7 Å². The first kappa shape index (κ1) is 35.1. The molecule has 2 unspecified atom stereocenters. The minimum atomic E-state index is -1.06. The molecule has 0 bridgehead atoms. The van der Waals surface area contributed by atoms with Crippen molar-refractivity contribution in [3.63, 3.8) is 0 Å². The van der Waals surface area contributed by atoms with Crippen LogP contribution in [0, 0.1) is 27.2 Å². The van der Waals surface area contributed by atoms with Gasteiger partial charge in [-0.1, -0.05) is 43.9 Å². The SMILES string of the molecule is C=C(/C=C/C=C1/N(Cc2ccc(C(=O)O)cc2)c2ccc([N+](=O)[O-])cc2C1(C)CC(C)=O)C(C)(CC(C)=O)c1cc([N+](=O)[O-])ccc1C. The molecule has 1 N–H and O–H groups in total. The molecule has 0 radical (unpaired) electrons. The van der Waals surface area contributed by atoms with Crippen molar-refractivity contribution in [3.8, 4) is 0 Å². The number of fused-ring (bicyclic) bond motifs is 1. The first-order chi connectivity index (χ1) is 22.5. The highest BCUT2D eigenvalue weighted by atomic mass is 16.6. The average Bonchev–Trinajstić information content (AvgIpc) is 3.22. The summed E-state index contributed by atoms with van der Waals surface area (Å²) in [5.41, 5.74) is 2.53. The number of ketones is 2. The maximum atomic E-state index is 12.7. The molecule has 0 saturated heterocycles. The number of benzene rings is 3. The lowest BCUT2D eigenvalue weighted by Gasteiger charge is -2.32. The van der Waals surface area contributed by atoms with E-state index >= 15 is 0 Å². The molecule has 0 aromatic heterocycles. The van der Waals surface area contributed by atoms with Crippen LogP contribution in [0.4, 0.5) is 17.1 Å². The molecule has 11 heteroatoms. The number of hydrogen-bond acceptors (Lipinski definition) is 8. The fourth-order valence-corrected chi connectivity index (χ4v) is 6.58. The predicted molar refractivity (Wildman–Crippen MR) is 182 cm³/mol. The van der Waals surface area contributed by atoms with Crippen LogP contribution in [-0.4, -0.2) is 32.5 Å². The normalized spacial score (nSPS) is 17.6. The number of nitro groups is 2. The van der Waals surface area contributed by atoms with Crippen LogP contribution in [0.2, 0.25) is 0 Å². The highest BCUT2D eigenvalue weighted by Gasteiger charge is 2.45. The summed E-state index contributed by atoms with van der Waals surface area (Å²) in [5, 5.41) is 32.7. The molecule has 0 fully saturated rings. The number of nitrogens with zero attached hydrogens (tertiary/aromatic N) is 3. The maximum absolute atomic E-state index is 12.7. The second-order valence-corrected chi connectivity index (χ2v) is 12.7. The number of carboxylic acid groups (broad SMARTS) is 1. The van der Waals surface area contributed by atoms with Crippen LogP contribution in [0.3, 0.4) is 0 Å². The number of anilines is 1. The monoisotopic (exact) mass is 651 g/mol. The van der Waals surface area contributed by atoms with Gasteiger partial charge in [0.1, 0.15) is 11.6 Å². The van der Waals surface area contributed by atoms with E-state index in [4.69, 9.17) is 0 Å². The van der Waals surface area contributed by atoms with Crippen LogP contribution < -0.4 is 4.90 Å². The van der Waals surface area contributed by atoms with Crippen LogP contribution >= 0.6 is 0 Å². The summed E-state index contributed by atoms with van der Waals surface area (Å²) in [4.78, 5) is 61.0. The molecule has 0 saturated carbocycles. The van der Waals surface area contributed by atoms with E-state index < -0.39 is 26.6 Å². The number of Topliss-reactive ketones (excluding diaryl/α,β-unsaturated/α-hetero) is 2. The number of non-ortho nitro benzene ring substituents is 2. The molecule has 3 aromatic rings. The van der Waals surface area contributed by atoms with E-state index in [1.54, 1.807) is 42.5 Å². The largest absolute Gasteiger partial charge is 0.478 e. The number of rotatable bonds is 13. The Bertz CT molecular complexity index is 1910. The highest BCUT2D eigenvalue weighted by molar-refractivity contribution is 5.87. The van der Waals surface area contributed by atoms with E-state index in [2.05, 4.69) is 6.58 Å². The predicted octanol–water partition coefficient (Wildman–Crippen LogP) is 7.70. The Morgan fingerprint density at radius 1 is 0.958 bits per heavy atom. The lowest BCUT2D eigenvalue weighted by Crippen LogP contribution is -2.30. The van der Waals surface area contributed by atoms with Crippen LogP contribution in [0.15, 0.2) is 96.7 Å². The van der Waals surface area contributed by atoms with Gasteiger partial charge in [-0.2, -0.15) is 0 Å². The molecule has 3 aromatic carbocycles. The first-order valence-corrected chi connectivity index (χ1v) is 15.2. The summed E-state index contributed by atoms with van der Waals surface area (Å²) in [6.45, 7) is 12.9. The fourth-order valence-electron chi connectivity index (χ4n) is 6.58. The van der Waals surface area contributed by atoms with Crippen LogP contribution in [0.5, 0.6) is 0 Å². The zero-order chi connectivity index (χ0) is 35.6. The molecule has 248 valence electrons. The summed E-state index contributed by atoms with van der Waals surface area (Å²) in [7, 11) is 0. The molecule has 48 heavy (non-hydrogen) atoms. The number of carboxylic acids is 1. The summed E-state index contributed by atoms with van der Waals surface area (Å²) in [6, 6.07) is 15.5. The maximum Gasteiger partial charge on any atom is 0.335 e. The van der Waals surface area contributed by atoms with E-state index in [-0.39, 0.29) is 47.9 Å². The zero-order valence-electron chi connectivity index (χ0n) is 27.5. The molecule has 1 heterocycles. The van der Waals surface area contributed by atoms with Gasteiger partial charge < -0.3 is 10.0 Å². The number of aromatic carboxylic acids is 1. The number of allylic oxidation sites excluding steroid dienone is 5. The zero-order valence-corrected chi connectivity index (χ0v) is 27.5. The number of hydrogen-bond donors (Lipinski definition) is 1. The molecule has 1 aliphatic rings. The molecule has 0 aliphatic carbocycles. The van der Waals surface area contributed by atoms with Crippen molar-refractivity contribution in [2.45, 2.75) is 64.8 Å². The molecule has 2 atom stereocenters. The average molecular weight is 652 g/mol. The van der Waals surface area contributed by atoms with Crippen LogP contribution in [0.1, 0.15) is 73.1 Å². The summed E-state index contributed by atoms with van der Waals surface area (Å²) in [6.07, 6.45) is 5.37. The topological polar surface area (TPSA) is 161 Å². The van der Waals surface area contributed by atoms with Crippen molar-refractivity contribution in [2.24, 2.45) is 0 Å². The standard InChI is InChI=1S/C37H37N3O8/c1-23-10-15-29(39(45)46)18-31(23)36(5,20-25(3)41)24(2)8-7-9-34-37(6,21-26(4)42)32-19-30(40(47)48)16-17-33(32)38(34)22-27-11-13-28(14-12-27)35(43)44/h7-19H,2,20-22H2,1,3-6H3,(H,43,44)/b8-7+,34-9+. The smallest absolute Gasteiger partial charge is 0.335 e. The van der Waals surface area contributed by atoms with E-state index in [0.717, 1.165) is 11.1 Å². The van der Waals surface area contributed by atoms with Gasteiger partial charge in [-0.05, 0) is 79.8 Å². The van der Waals surface area contributed by atoms with Gasteiger partial charge in [0.25, 0.3) is 11.4 Å². The fraction of sp³-hybridized carbons (Fsp3) is 0.270. The lowest BCUT2D eigenvalue weighted by molar-refractivity contribution is -0.385. The molecule has 11 nitrogen and oxygen atoms in total. The number of carbonyl (C=O) groups is 3. The summed E-state index contributed by atoms with van der Waals surface area (Å²) < 4.78 is 0. The Kier molecular flexibility index (Phi) is 9.93.